The van der Waals surface area contributed by atoms with Crippen molar-refractivity contribution in [2.45, 2.75) is 30.9 Å². The van der Waals surface area contributed by atoms with Gasteiger partial charge in [0.15, 0.2) is 9.84 Å². The molecule has 7 heteroatoms. The lowest BCUT2D eigenvalue weighted by molar-refractivity contribution is 0.338. The molecule has 0 bridgehead atoms. The Kier molecular flexibility index (Phi) is 5.11. The third-order valence-corrected chi connectivity index (χ3v) is 6.13. The number of benzene rings is 1. The van der Waals surface area contributed by atoms with Crippen molar-refractivity contribution < 1.29 is 21.0 Å². The van der Waals surface area contributed by atoms with Gasteiger partial charge in [-0.2, -0.15) is 8.42 Å². The molecule has 0 heterocycles. The molecule has 0 saturated carbocycles. The van der Waals surface area contributed by atoms with Gasteiger partial charge in [-0.15, -0.1) is 0 Å². The molecule has 0 atom stereocenters. The van der Waals surface area contributed by atoms with Gasteiger partial charge in [0.2, 0.25) is 0 Å². The third-order valence-electron chi connectivity index (χ3n) is 2.63. The first-order valence-corrected chi connectivity index (χ1v) is 8.95. The maximum Gasteiger partial charge on any atom is 0.297 e. The molecule has 0 amide bonds. The largest absolute Gasteiger partial charge is 0.297 e. The Bertz CT molecular complexity index is 613. The molecule has 5 nitrogen and oxygen atoms in total. The van der Waals surface area contributed by atoms with Gasteiger partial charge in [0.05, 0.1) is 22.5 Å². The van der Waals surface area contributed by atoms with Gasteiger partial charge in [0.1, 0.15) is 0 Å². The summed E-state index contributed by atoms with van der Waals surface area (Å²) in [6, 6.07) is 6.17. The van der Waals surface area contributed by atoms with E-state index in [1.807, 2.05) is 6.92 Å². The van der Waals surface area contributed by atoms with Crippen molar-refractivity contribution in [1.82, 2.24) is 0 Å². The molecule has 0 spiro atoms. The van der Waals surface area contributed by atoms with Crippen LogP contribution in [0.1, 0.15) is 19.4 Å². The Morgan fingerprint density at radius 1 is 1.05 bits per heavy atom. The zero-order valence-corrected chi connectivity index (χ0v) is 12.8. The van der Waals surface area contributed by atoms with E-state index < -0.39 is 25.2 Å². The van der Waals surface area contributed by atoms with Crippen LogP contribution in [0.2, 0.25) is 0 Å². The van der Waals surface area contributed by atoms with Crippen LogP contribution in [-0.2, 0) is 24.1 Å². The second-order valence-corrected chi connectivity index (χ2v) is 8.80. The number of hydrogen-bond acceptors (Lipinski definition) is 5. The Morgan fingerprint density at radius 3 is 2.05 bits per heavy atom. The summed E-state index contributed by atoms with van der Waals surface area (Å²) < 4.78 is 51.3. The van der Waals surface area contributed by atoms with Gasteiger partial charge < -0.3 is 0 Å². The molecule has 19 heavy (non-hydrogen) atoms. The first-order chi connectivity index (χ1) is 8.65. The average molecular weight is 306 g/mol. The van der Waals surface area contributed by atoms with Crippen molar-refractivity contribution in [3.8, 4) is 0 Å². The van der Waals surface area contributed by atoms with Crippen LogP contribution in [0.5, 0.6) is 0 Å². The van der Waals surface area contributed by atoms with E-state index in [0.29, 0.717) is 0 Å². The molecule has 0 aliphatic carbocycles. The number of aryl methyl sites for hydroxylation is 1. The van der Waals surface area contributed by atoms with E-state index >= 15 is 0 Å². The van der Waals surface area contributed by atoms with Crippen molar-refractivity contribution in [1.29, 1.82) is 0 Å². The second-order valence-electron chi connectivity index (χ2n) is 4.50. The summed E-state index contributed by atoms with van der Waals surface area (Å²) in [7, 11) is -7.19. The SMILES string of the molecule is Cc1ccc(S(=O)(=O)OCCS(=O)(=O)C(C)C)cc1. The first kappa shape index (κ1) is 16.1. The van der Waals surface area contributed by atoms with E-state index in [9.17, 15) is 16.8 Å². The molecule has 0 fully saturated rings. The van der Waals surface area contributed by atoms with E-state index in [1.54, 1.807) is 26.0 Å². The van der Waals surface area contributed by atoms with Crippen LogP contribution in [0.3, 0.4) is 0 Å². The second kappa shape index (κ2) is 6.02. The minimum absolute atomic E-state index is 0.0278. The fraction of sp³-hybridized carbons (Fsp3) is 0.500. The highest BCUT2D eigenvalue weighted by molar-refractivity contribution is 7.92. The predicted molar refractivity (Wildman–Crippen MR) is 73.2 cm³/mol. The fourth-order valence-electron chi connectivity index (χ4n) is 1.27. The first-order valence-electron chi connectivity index (χ1n) is 5.83. The summed E-state index contributed by atoms with van der Waals surface area (Å²) in [5, 5.41) is -0.543. The monoisotopic (exact) mass is 306 g/mol. The van der Waals surface area contributed by atoms with E-state index in [2.05, 4.69) is 0 Å². The molecule has 0 radical (unpaired) electrons. The summed E-state index contributed by atoms with van der Waals surface area (Å²) in [4.78, 5) is 0.0278. The summed E-state index contributed by atoms with van der Waals surface area (Å²) in [6.45, 7) is 4.57. The van der Waals surface area contributed by atoms with Crippen molar-refractivity contribution in [2.75, 3.05) is 12.4 Å². The summed E-state index contributed by atoms with van der Waals surface area (Å²) in [5.74, 6) is -0.310. The molecule has 108 valence electrons. The van der Waals surface area contributed by atoms with Crippen LogP contribution < -0.4 is 0 Å². The van der Waals surface area contributed by atoms with Crippen molar-refractivity contribution in [3.05, 3.63) is 29.8 Å². The average Bonchev–Trinajstić information content (AvgIpc) is 2.28. The molecular formula is C12H18O5S2. The van der Waals surface area contributed by atoms with Crippen molar-refractivity contribution in [2.24, 2.45) is 0 Å². The molecule has 0 aliphatic rings. The van der Waals surface area contributed by atoms with E-state index in [-0.39, 0.29) is 17.3 Å². The van der Waals surface area contributed by atoms with Crippen LogP contribution in [0, 0.1) is 6.92 Å². The van der Waals surface area contributed by atoms with Crippen molar-refractivity contribution in [3.63, 3.8) is 0 Å². The van der Waals surface area contributed by atoms with Gasteiger partial charge in [-0.3, -0.25) is 4.18 Å². The van der Waals surface area contributed by atoms with Gasteiger partial charge in [-0.1, -0.05) is 17.7 Å². The molecule has 1 aromatic rings. The number of sulfone groups is 1. The van der Waals surface area contributed by atoms with Crippen LogP contribution >= 0.6 is 0 Å². The lowest BCUT2D eigenvalue weighted by Crippen LogP contribution is -2.22. The Labute approximate surface area is 114 Å². The Morgan fingerprint density at radius 2 is 1.58 bits per heavy atom. The molecule has 0 saturated heterocycles. The predicted octanol–water partition coefficient (Wildman–Crippen LogP) is 1.52. The molecular weight excluding hydrogens is 288 g/mol. The number of hydrogen-bond donors (Lipinski definition) is 0. The normalized spacial score (nSPS) is 12.8. The maximum absolute atomic E-state index is 11.8. The summed E-state index contributed by atoms with van der Waals surface area (Å²) in [6.07, 6.45) is 0. The Hall–Kier alpha value is -0.920. The molecule has 0 aliphatic heterocycles. The lowest BCUT2D eigenvalue weighted by atomic mass is 10.2. The van der Waals surface area contributed by atoms with Crippen LogP contribution in [-0.4, -0.2) is 34.4 Å². The summed E-state index contributed by atoms with van der Waals surface area (Å²) >= 11 is 0. The zero-order valence-electron chi connectivity index (χ0n) is 11.2. The Balaban J connectivity index is 2.70. The molecule has 0 N–H and O–H groups in total. The quantitative estimate of drug-likeness (QED) is 0.745. The van der Waals surface area contributed by atoms with Gasteiger partial charge >= 0.3 is 0 Å². The van der Waals surface area contributed by atoms with Crippen LogP contribution in [0.15, 0.2) is 29.2 Å². The zero-order chi connectivity index (χ0) is 14.7. The highest BCUT2D eigenvalue weighted by atomic mass is 32.2. The molecule has 0 unspecified atom stereocenters. The maximum atomic E-state index is 11.8. The molecule has 1 rings (SSSR count). The standard InChI is InChI=1S/C12H18O5S2/c1-10(2)18(13,14)9-8-17-19(15,16)12-6-4-11(3)5-7-12/h4-7,10H,8-9H2,1-3H3. The number of rotatable bonds is 6. The van der Waals surface area contributed by atoms with E-state index in [0.717, 1.165) is 5.56 Å². The minimum Gasteiger partial charge on any atom is -0.265 e. The molecule has 0 aromatic heterocycles. The van der Waals surface area contributed by atoms with Gasteiger partial charge in [-0.05, 0) is 32.9 Å². The summed E-state index contributed by atoms with van der Waals surface area (Å²) in [5.41, 5.74) is 0.932. The lowest BCUT2D eigenvalue weighted by Gasteiger charge is -2.08. The fourth-order valence-corrected chi connectivity index (χ4v) is 3.07. The highest BCUT2D eigenvalue weighted by Gasteiger charge is 2.19. The molecule has 1 aromatic carbocycles. The smallest absolute Gasteiger partial charge is 0.265 e. The third kappa shape index (κ3) is 4.59. The minimum atomic E-state index is -3.89. The van der Waals surface area contributed by atoms with Gasteiger partial charge in [0, 0.05) is 0 Å². The highest BCUT2D eigenvalue weighted by Crippen LogP contribution is 2.13. The van der Waals surface area contributed by atoms with Gasteiger partial charge in [-0.25, -0.2) is 8.42 Å². The van der Waals surface area contributed by atoms with E-state index in [1.165, 1.54) is 12.1 Å². The topological polar surface area (TPSA) is 77.5 Å². The van der Waals surface area contributed by atoms with Crippen LogP contribution in [0.4, 0.5) is 0 Å². The van der Waals surface area contributed by atoms with E-state index in [4.69, 9.17) is 4.18 Å². The van der Waals surface area contributed by atoms with Crippen molar-refractivity contribution >= 4 is 20.0 Å². The van der Waals surface area contributed by atoms with Gasteiger partial charge in [0.25, 0.3) is 10.1 Å². The van der Waals surface area contributed by atoms with Crippen LogP contribution in [0.25, 0.3) is 0 Å².